The molecule has 0 amide bonds. The third-order valence-corrected chi connectivity index (χ3v) is 18.7. The number of hydrogen-bond donors (Lipinski definition) is 1. The first kappa shape index (κ1) is 74.1. The SMILES string of the molecule is CCCCCCCCCCCCCCCCCCOCC(COCCCCCCCCCCCCCCCCCC)(COCCCCCCCCCCCCCCCCCC)COc1ccc2c(c1)C(O)(c1ccc(Cl)cc1)c1ccccc1-2. The van der Waals surface area contributed by atoms with Crippen LogP contribution in [0.4, 0.5) is 0 Å². The number of ether oxygens (including phenoxy) is 4. The smallest absolute Gasteiger partial charge is 0.141 e. The second kappa shape index (κ2) is 50.5. The van der Waals surface area contributed by atoms with Crippen molar-refractivity contribution in [3.8, 4) is 16.9 Å². The molecular formula is C78H131ClO5. The van der Waals surface area contributed by atoms with Crippen LogP contribution in [-0.2, 0) is 19.8 Å². The molecule has 1 atom stereocenters. The molecule has 0 radical (unpaired) electrons. The summed E-state index contributed by atoms with van der Waals surface area (Å²) in [5.74, 6) is 0.728. The zero-order chi connectivity index (χ0) is 59.5. The molecule has 480 valence electrons. The molecule has 0 saturated carbocycles. The van der Waals surface area contributed by atoms with Crippen LogP contribution in [-0.4, -0.2) is 51.4 Å². The van der Waals surface area contributed by atoms with Gasteiger partial charge in [0.05, 0.1) is 25.2 Å². The molecule has 0 fully saturated rings. The summed E-state index contributed by atoms with van der Waals surface area (Å²) in [5.41, 5.74) is 2.72. The van der Waals surface area contributed by atoms with Crippen LogP contribution in [0.2, 0.25) is 5.02 Å². The molecular weight excluding hydrogens is 1050 g/mol. The van der Waals surface area contributed by atoms with E-state index in [-0.39, 0.29) is 0 Å². The van der Waals surface area contributed by atoms with E-state index in [0.717, 1.165) is 72.6 Å². The van der Waals surface area contributed by atoms with E-state index in [9.17, 15) is 5.11 Å². The van der Waals surface area contributed by atoms with Gasteiger partial charge in [-0.15, -0.1) is 0 Å². The second-order valence-corrected chi connectivity index (χ2v) is 26.8. The average molecular weight is 1180 g/mol. The van der Waals surface area contributed by atoms with Crippen LogP contribution >= 0.6 is 11.6 Å². The van der Waals surface area contributed by atoms with E-state index in [1.54, 1.807) is 0 Å². The van der Waals surface area contributed by atoms with Crippen LogP contribution in [0, 0.1) is 5.41 Å². The van der Waals surface area contributed by atoms with Gasteiger partial charge in [-0.05, 0) is 60.2 Å². The standard InChI is InChI=1S/C78H131ClO5/c1-4-7-10-13-16-19-22-25-28-31-34-37-40-43-46-51-62-81-66-77(67-82-63-52-47-44-41-38-35-32-29-26-23-20-17-14-11-8-5-2,68-83-64-53-48-45-42-39-36-33-30-27-24-21-18-15-12-9-6-3)69-84-72-60-61-74-73-54-49-50-55-75(73)78(80,76(74)65-72)70-56-58-71(79)59-57-70/h49-50,54-61,65,80H,4-48,51-53,62-64,66-69H2,1-3H3. The lowest BCUT2D eigenvalue weighted by Gasteiger charge is -2.33. The number of fused-ring (bicyclic) bond motifs is 3. The van der Waals surface area contributed by atoms with Crippen molar-refractivity contribution < 1.29 is 24.1 Å². The monoisotopic (exact) mass is 1180 g/mol. The maximum absolute atomic E-state index is 12.8. The van der Waals surface area contributed by atoms with Crippen molar-refractivity contribution in [1.82, 2.24) is 0 Å². The maximum Gasteiger partial charge on any atom is 0.141 e. The molecule has 4 rings (SSSR count). The zero-order valence-electron chi connectivity index (χ0n) is 55.2. The van der Waals surface area contributed by atoms with Crippen LogP contribution in [0.25, 0.3) is 11.1 Å². The summed E-state index contributed by atoms with van der Waals surface area (Å²) in [6.07, 6.45) is 65.3. The molecule has 0 heterocycles. The lowest BCUT2D eigenvalue weighted by molar-refractivity contribution is -0.0893. The van der Waals surface area contributed by atoms with E-state index in [1.165, 1.54) is 289 Å². The molecule has 84 heavy (non-hydrogen) atoms. The van der Waals surface area contributed by atoms with Crippen molar-refractivity contribution in [3.63, 3.8) is 0 Å². The fourth-order valence-electron chi connectivity index (χ4n) is 12.9. The summed E-state index contributed by atoms with van der Waals surface area (Å²) in [4.78, 5) is 0. The highest BCUT2D eigenvalue weighted by atomic mass is 35.5. The van der Waals surface area contributed by atoms with Gasteiger partial charge in [0.15, 0.2) is 0 Å². The van der Waals surface area contributed by atoms with Crippen molar-refractivity contribution in [3.05, 3.63) is 88.4 Å². The second-order valence-electron chi connectivity index (χ2n) is 26.3. The summed E-state index contributed by atoms with van der Waals surface area (Å²) < 4.78 is 27.1. The van der Waals surface area contributed by atoms with E-state index < -0.39 is 11.0 Å². The Morgan fingerprint density at radius 1 is 0.333 bits per heavy atom. The Balaban J connectivity index is 1.31. The molecule has 0 spiro atoms. The Bertz CT molecular complexity index is 1850. The molecule has 0 saturated heterocycles. The topological polar surface area (TPSA) is 57.2 Å². The van der Waals surface area contributed by atoms with Gasteiger partial charge in [0.25, 0.3) is 0 Å². The van der Waals surface area contributed by atoms with Gasteiger partial charge in [-0.1, -0.05) is 364 Å². The molecule has 5 nitrogen and oxygen atoms in total. The Morgan fingerprint density at radius 3 is 0.964 bits per heavy atom. The number of rotatable bonds is 61. The number of hydrogen-bond acceptors (Lipinski definition) is 5. The molecule has 1 unspecified atom stereocenters. The van der Waals surface area contributed by atoms with Gasteiger partial charge in [0, 0.05) is 36.0 Å². The van der Waals surface area contributed by atoms with Gasteiger partial charge in [0.1, 0.15) is 18.0 Å². The molecule has 3 aromatic rings. The minimum atomic E-state index is -1.34. The highest BCUT2D eigenvalue weighted by molar-refractivity contribution is 6.30. The molecule has 3 aromatic carbocycles. The van der Waals surface area contributed by atoms with Crippen molar-refractivity contribution in [2.24, 2.45) is 5.41 Å². The Kier molecular flexibility index (Phi) is 44.5. The van der Waals surface area contributed by atoms with Gasteiger partial charge in [-0.25, -0.2) is 0 Å². The number of benzene rings is 3. The molecule has 1 N–H and O–H groups in total. The highest BCUT2D eigenvalue weighted by Crippen LogP contribution is 2.52. The predicted molar refractivity (Wildman–Crippen MR) is 364 cm³/mol. The van der Waals surface area contributed by atoms with Crippen LogP contribution in [0.15, 0.2) is 66.7 Å². The van der Waals surface area contributed by atoms with Crippen molar-refractivity contribution >= 4 is 11.6 Å². The Morgan fingerprint density at radius 2 is 0.631 bits per heavy atom. The number of unbranched alkanes of at least 4 members (excludes halogenated alkanes) is 45. The number of aliphatic hydroxyl groups is 1. The highest BCUT2D eigenvalue weighted by Gasteiger charge is 2.43. The van der Waals surface area contributed by atoms with Crippen LogP contribution < -0.4 is 4.74 Å². The number of halogens is 1. The third kappa shape index (κ3) is 32.7. The normalized spacial score (nSPS) is 14.0. The van der Waals surface area contributed by atoms with Crippen molar-refractivity contribution in [2.75, 3.05) is 46.2 Å². The van der Waals surface area contributed by atoms with E-state index >= 15 is 0 Å². The predicted octanol–water partition coefficient (Wildman–Crippen LogP) is 24.8. The lowest BCUT2D eigenvalue weighted by atomic mass is 9.84. The average Bonchev–Trinajstić information content (AvgIpc) is 1.75. The summed E-state index contributed by atoms with van der Waals surface area (Å²) in [6.45, 7) is 11.1. The van der Waals surface area contributed by atoms with Crippen LogP contribution in [0.3, 0.4) is 0 Å². The van der Waals surface area contributed by atoms with E-state index in [1.807, 2.05) is 36.4 Å². The van der Waals surface area contributed by atoms with Gasteiger partial charge >= 0.3 is 0 Å². The summed E-state index contributed by atoms with van der Waals surface area (Å²) in [5, 5.41) is 13.5. The van der Waals surface area contributed by atoms with Crippen molar-refractivity contribution in [1.29, 1.82) is 0 Å². The van der Waals surface area contributed by atoms with Crippen molar-refractivity contribution in [2.45, 2.75) is 335 Å². The molecule has 0 aliphatic heterocycles. The first-order valence-electron chi connectivity index (χ1n) is 36.6. The summed E-state index contributed by atoms with van der Waals surface area (Å²) in [7, 11) is 0. The minimum absolute atomic E-state index is 0.398. The van der Waals surface area contributed by atoms with Crippen LogP contribution in [0.5, 0.6) is 5.75 Å². The molecule has 0 aromatic heterocycles. The maximum atomic E-state index is 12.8. The fraction of sp³-hybridized carbons (Fsp3) is 0.769. The van der Waals surface area contributed by atoms with Gasteiger partial charge in [-0.3, -0.25) is 0 Å². The minimum Gasteiger partial charge on any atom is -0.493 e. The Labute approximate surface area is 524 Å². The van der Waals surface area contributed by atoms with E-state index in [4.69, 9.17) is 30.5 Å². The van der Waals surface area contributed by atoms with E-state index in [2.05, 4.69) is 51.1 Å². The van der Waals surface area contributed by atoms with E-state index in [0.29, 0.717) is 31.5 Å². The van der Waals surface area contributed by atoms with Crippen LogP contribution in [0.1, 0.15) is 346 Å². The third-order valence-electron chi connectivity index (χ3n) is 18.4. The molecule has 0 bridgehead atoms. The molecule has 1 aliphatic rings. The summed E-state index contributed by atoms with van der Waals surface area (Å²) >= 11 is 6.39. The molecule has 6 heteroatoms. The lowest BCUT2D eigenvalue weighted by Crippen LogP contribution is -2.43. The molecule has 1 aliphatic carbocycles. The van der Waals surface area contributed by atoms with Gasteiger partial charge in [0.2, 0.25) is 0 Å². The first-order valence-corrected chi connectivity index (χ1v) is 36.9. The Hall–Kier alpha value is -2.41. The zero-order valence-corrected chi connectivity index (χ0v) is 56.0. The quantitative estimate of drug-likeness (QED) is 0.0571. The van der Waals surface area contributed by atoms with Gasteiger partial charge in [-0.2, -0.15) is 0 Å². The first-order chi connectivity index (χ1) is 41.5. The van der Waals surface area contributed by atoms with Gasteiger partial charge < -0.3 is 24.1 Å². The summed E-state index contributed by atoms with van der Waals surface area (Å²) in [6, 6.07) is 22.1. The largest absolute Gasteiger partial charge is 0.493 e. The fourth-order valence-corrected chi connectivity index (χ4v) is 13.1.